The van der Waals surface area contributed by atoms with Gasteiger partial charge >= 0.3 is 5.97 Å². The van der Waals surface area contributed by atoms with E-state index in [9.17, 15) is 9.59 Å². The van der Waals surface area contributed by atoms with Crippen molar-refractivity contribution in [1.29, 1.82) is 0 Å². The van der Waals surface area contributed by atoms with Crippen molar-refractivity contribution in [2.75, 3.05) is 25.0 Å². The van der Waals surface area contributed by atoms with Gasteiger partial charge in [-0.1, -0.05) is 0 Å². The predicted molar refractivity (Wildman–Crippen MR) is 84.3 cm³/mol. The van der Waals surface area contributed by atoms with Crippen LogP contribution < -0.4 is 10.6 Å². The van der Waals surface area contributed by atoms with Gasteiger partial charge in [0.05, 0.1) is 23.3 Å². The van der Waals surface area contributed by atoms with Crippen LogP contribution in [-0.4, -0.2) is 31.6 Å². The van der Waals surface area contributed by atoms with Crippen molar-refractivity contribution in [2.45, 2.75) is 20.3 Å². The van der Waals surface area contributed by atoms with E-state index in [1.54, 1.807) is 25.1 Å². The van der Waals surface area contributed by atoms with Crippen LogP contribution in [0.1, 0.15) is 30.6 Å². The summed E-state index contributed by atoms with van der Waals surface area (Å²) < 4.78 is 5.61. The molecule has 1 aromatic carbocycles. The minimum Gasteiger partial charge on any atom is -0.462 e. The molecule has 1 aliphatic heterocycles. The number of amides is 1. The van der Waals surface area contributed by atoms with E-state index in [1.807, 2.05) is 6.92 Å². The molecule has 0 aromatic heterocycles. The molecule has 5 nitrogen and oxygen atoms in total. The maximum absolute atomic E-state index is 12.3. The number of carbonyl (C=O) groups excluding carboxylic acids is 2. The number of rotatable bonds is 4. The first-order valence-electron chi connectivity index (χ1n) is 6.95. The second-order valence-corrected chi connectivity index (χ2v) is 6.21. The molecule has 6 heteroatoms. The predicted octanol–water partition coefficient (Wildman–Crippen LogP) is 2.56. The fraction of sp³-hybridized carbons (Fsp3) is 0.467. The lowest BCUT2D eigenvalue weighted by Crippen LogP contribution is -2.35. The molecular weight excluding hydrogens is 336 g/mol. The number of nitrogens with one attached hydrogen (secondary N) is 2. The second kappa shape index (κ2) is 6.58. The van der Waals surface area contributed by atoms with Crippen molar-refractivity contribution in [3.8, 4) is 0 Å². The highest BCUT2D eigenvalue weighted by molar-refractivity contribution is 9.10. The Bertz CT molecular complexity index is 554. The molecule has 1 aromatic rings. The highest BCUT2D eigenvalue weighted by Gasteiger charge is 2.36. The molecule has 1 fully saturated rings. The van der Waals surface area contributed by atoms with Crippen LogP contribution in [0.15, 0.2) is 22.7 Å². The average molecular weight is 355 g/mol. The first-order chi connectivity index (χ1) is 9.96. The number of halogens is 1. The van der Waals surface area contributed by atoms with Crippen molar-refractivity contribution in [2.24, 2.45) is 5.41 Å². The number of hydrogen-bond donors (Lipinski definition) is 2. The molecule has 1 amide bonds. The Morgan fingerprint density at radius 3 is 2.81 bits per heavy atom. The lowest BCUT2D eigenvalue weighted by atomic mass is 9.89. The van der Waals surface area contributed by atoms with E-state index in [0.29, 0.717) is 28.9 Å². The van der Waals surface area contributed by atoms with Gasteiger partial charge in [0.15, 0.2) is 0 Å². The zero-order valence-electron chi connectivity index (χ0n) is 12.2. The summed E-state index contributed by atoms with van der Waals surface area (Å²) in [5.41, 5.74) is 0.718. The van der Waals surface area contributed by atoms with Crippen LogP contribution in [-0.2, 0) is 9.53 Å². The Balaban J connectivity index is 2.11. The molecule has 21 heavy (non-hydrogen) atoms. The summed E-state index contributed by atoms with van der Waals surface area (Å²) in [7, 11) is 0. The smallest absolute Gasteiger partial charge is 0.338 e. The molecule has 114 valence electrons. The number of carbonyl (C=O) groups is 2. The van der Waals surface area contributed by atoms with Gasteiger partial charge in [-0.25, -0.2) is 4.79 Å². The lowest BCUT2D eigenvalue weighted by Gasteiger charge is -2.22. The van der Waals surface area contributed by atoms with Crippen LogP contribution in [0, 0.1) is 5.41 Å². The van der Waals surface area contributed by atoms with Crippen LogP contribution in [0.2, 0.25) is 0 Å². The number of benzene rings is 1. The first-order valence-corrected chi connectivity index (χ1v) is 7.74. The maximum Gasteiger partial charge on any atom is 0.338 e. The number of anilines is 1. The van der Waals surface area contributed by atoms with E-state index in [4.69, 9.17) is 4.74 Å². The van der Waals surface area contributed by atoms with Crippen molar-refractivity contribution in [3.63, 3.8) is 0 Å². The molecule has 1 atom stereocenters. The van der Waals surface area contributed by atoms with E-state index in [2.05, 4.69) is 26.6 Å². The highest BCUT2D eigenvalue weighted by Crippen LogP contribution is 2.29. The van der Waals surface area contributed by atoms with Crippen molar-refractivity contribution < 1.29 is 14.3 Å². The topological polar surface area (TPSA) is 67.4 Å². The van der Waals surface area contributed by atoms with Gasteiger partial charge in [0.25, 0.3) is 0 Å². The summed E-state index contributed by atoms with van der Waals surface area (Å²) in [6.07, 6.45) is 0.817. The van der Waals surface area contributed by atoms with Crippen LogP contribution in [0.5, 0.6) is 0 Å². The minimum absolute atomic E-state index is 0.0166. The molecule has 1 unspecified atom stereocenters. The summed E-state index contributed by atoms with van der Waals surface area (Å²) in [4.78, 5) is 24.0. The van der Waals surface area contributed by atoms with Crippen LogP contribution >= 0.6 is 15.9 Å². The monoisotopic (exact) mass is 354 g/mol. The Kier molecular flexibility index (Phi) is 5.00. The molecule has 0 aliphatic carbocycles. The van der Waals surface area contributed by atoms with Crippen LogP contribution in [0.3, 0.4) is 0 Å². The second-order valence-electron chi connectivity index (χ2n) is 5.36. The lowest BCUT2D eigenvalue weighted by molar-refractivity contribution is -0.123. The van der Waals surface area contributed by atoms with Gasteiger partial charge in [-0.2, -0.15) is 0 Å². The Labute approximate surface area is 132 Å². The fourth-order valence-electron chi connectivity index (χ4n) is 2.24. The molecule has 0 spiro atoms. The van der Waals surface area contributed by atoms with Gasteiger partial charge in [-0.3, -0.25) is 4.79 Å². The summed E-state index contributed by atoms with van der Waals surface area (Å²) in [6.45, 7) is 5.58. The SMILES string of the molecule is CCOC(=O)c1ccc(NC(=O)C2(C)CCNC2)c(Br)c1. The van der Waals surface area contributed by atoms with Crippen molar-refractivity contribution in [3.05, 3.63) is 28.2 Å². The summed E-state index contributed by atoms with van der Waals surface area (Å²) in [5.74, 6) is -0.389. The third-order valence-corrected chi connectivity index (χ3v) is 4.30. The number of hydrogen-bond acceptors (Lipinski definition) is 4. The normalized spacial score (nSPS) is 21.1. The molecule has 1 aliphatic rings. The van der Waals surface area contributed by atoms with Crippen LogP contribution in [0.25, 0.3) is 0 Å². The van der Waals surface area contributed by atoms with E-state index in [0.717, 1.165) is 13.0 Å². The average Bonchev–Trinajstić information content (AvgIpc) is 2.89. The minimum atomic E-state index is -0.390. The molecule has 0 saturated carbocycles. The quantitative estimate of drug-likeness (QED) is 0.815. The molecule has 0 bridgehead atoms. The molecule has 2 rings (SSSR count). The summed E-state index contributed by atoms with van der Waals surface area (Å²) in [6, 6.07) is 5.01. The van der Waals surface area contributed by atoms with Gasteiger partial charge in [0.1, 0.15) is 0 Å². The molecule has 2 N–H and O–H groups in total. The highest BCUT2D eigenvalue weighted by atomic mass is 79.9. The van der Waals surface area contributed by atoms with Gasteiger partial charge in [-0.15, -0.1) is 0 Å². The standard InChI is InChI=1S/C15H19BrN2O3/c1-3-21-13(19)10-4-5-12(11(16)8-10)18-14(20)15(2)6-7-17-9-15/h4-5,8,17H,3,6-7,9H2,1-2H3,(H,18,20). The summed E-state index contributed by atoms with van der Waals surface area (Å²) in [5, 5.41) is 6.11. The van der Waals surface area contributed by atoms with Crippen LogP contribution in [0.4, 0.5) is 5.69 Å². The summed E-state index contributed by atoms with van der Waals surface area (Å²) >= 11 is 3.38. The van der Waals surface area contributed by atoms with Crippen molar-refractivity contribution >= 4 is 33.5 Å². The van der Waals surface area contributed by atoms with E-state index >= 15 is 0 Å². The van der Waals surface area contributed by atoms with E-state index < -0.39 is 0 Å². The fourth-order valence-corrected chi connectivity index (χ4v) is 2.72. The van der Waals surface area contributed by atoms with Crippen molar-refractivity contribution in [1.82, 2.24) is 5.32 Å². The third kappa shape index (κ3) is 3.63. The molecule has 1 heterocycles. The zero-order valence-corrected chi connectivity index (χ0v) is 13.7. The molecule has 0 radical (unpaired) electrons. The third-order valence-electron chi connectivity index (χ3n) is 3.65. The van der Waals surface area contributed by atoms with Gasteiger partial charge in [-0.05, 0) is 60.9 Å². The number of ether oxygens (including phenoxy) is 1. The Hall–Kier alpha value is -1.40. The van der Waals surface area contributed by atoms with Gasteiger partial charge in [0.2, 0.25) is 5.91 Å². The Morgan fingerprint density at radius 2 is 2.24 bits per heavy atom. The van der Waals surface area contributed by atoms with E-state index in [1.165, 1.54) is 0 Å². The zero-order chi connectivity index (χ0) is 15.5. The van der Waals surface area contributed by atoms with E-state index in [-0.39, 0.29) is 17.3 Å². The number of esters is 1. The Morgan fingerprint density at radius 1 is 1.48 bits per heavy atom. The van der Waals surface area contributed by atoms with Gasteiger partial charge < -0.3 is 15.4 Å². The molecule has 1 saturated heterocycles. The first kappa shape index (κ1) is 16.0. The maximum atomic E-state index is 12.3. The molecular formula is C15H19BrN2O3. The van der Waals surface area contributed by atoms with Gasteiger partial charge in [0, 0.05) is 11.0 Å². The largest absolute Gasteiger partial charge is 0.462 e.